The van der Waals surface area contributed by atoms with Crippen LogP contribution < -0.4 is 5.73 Å². The Labute approximate surface area is 87.6 Å². The molecule has 1 atom stereocenters. The van der Waals surface area contributed by atoms with E-state index in [0.29, 0.717) is 18.9 Å². The van der Waals surface area contributed by atoms with E-state index in [2.05, 4.69) is 13.8 Å². The van der Waals surface area contributed by atoms with Gasteiger partial charge in [-0.15, -0.1) is 0 Å². The monoisotopic (exact) mass is 203 g/mol. The van der Waals surface area contributed by atoms with Gasteiger partial charge >= 0.3 is 0 Å². The Kier molecular flexibility index (Phi) is 7.15. The van der Waals surface area contributed by atoms with E-state index in [1.807, 2.05) is 0 Å². The van der Waals surface area contributed by atoms with Gasteiger partial charge in [-0.05, 0) is 32.1 Å². The highest BCUT2D eigenvalue weighted by Crippen LogP contribution is 2.09. The maximum absolute atomic E-state index is 9.59. The number of rotatable bonds is 8. The zero-order valence-corrected chi connectivity index (χ0v) is 9.75. The van der Waals surface area contributed by atoms with Crippen LogP contribution in [0.3, 0.4) is 0 Å². The topological polar surface area (TPSA) is 55.5 Å². The van der Waals surface area contributed by atoms with Crippen molar-refractivity contribution in [2.24, 2.45) is 11.7 Å². The minimum absolute atomic E-state index is 0.318. The summed E-state index contributed by atoms with van der Waals surface area (Å²) in [5, 5.41) is 9.59. The normalized spacial score (nSPS) is 15.9. The molecular formula is C11H25NO2. The lowest BCUT2D eigenvalue weighted by Crippen LogP contribution is -2.34. The van der Waals surface area contributed by atoms with Crippen LogP contribution in [0.25, 0.3) is 0 Å². The van der Waals surface area contributed by atoms with Gasteiger partial charge in [-0.3, -0.25) is 0 Å². The summed E-state index contributed by atoms with van der Waals surface area (Å²) in [6, 6.07) is 0. The van der Waals surface area contributed by atoms with Crippen molar-refractivity contribution in [3.8, 4) is 0 Å². The largest absolute Gasteiger partial charge is 0.389 e. The molecule has 3 heteroatoms. The van der Waals surface area contributed by atoms with Gasteiger partial charge in [0.1, 0.15) is 0 Å². The van der Waals surface area contributed by atoms with Crippen molar-refractivity contribution >= 4 is 0 Å². The number of aliphatic hydroxyl groups is 1. The first-order chi connectivity index (χ1) is 6.48. The van der Waals surface area contributed by atoms with Gasteiger partial charge in [-0.1, -0.05) is 13.8 Å². The van der Waals surface area contributed by atoms with Gasteiger partial charge < -0.3 is 15.6 Å². The highest BCUT2D eigenvalue weighted by atomic mass is 16.5. The molecule has 0 aliphatic rings. The van der Waals surface area contributed by atoms with Crippen molar-refractivity contribution in [1.82, 2.24) is 0 Å². The van der Waals surface area contributed by atoms with Crippen LogP contribution in [0, 0.1) is 5.92 Å². The van der Waals surface area contributed by atoms with Crippen LogP contribution in [-0.4, -0.2) is 30.5 Å². The van der Waals surface area contributed by atoms with E-state index < -0.39 is 5.60 Å². The fraction of sp³-hybridized carbons (Fsp3) is 1.00. The Morgan fingerprint density at radius 3 is 2.50 bits per heavy atom. The second-order valence-electron chi connectivity index (χ2n) is 4.60. The maximum atomic E-state index is 9.59. The number of hydrogen-bond donors (Lipinski definition) is 2. The fourth-order valence-electron chi connectivity index (χ4n) is 1.08. The third-order valence-electron chi connectivity index (χ3n) is 2.28. The van der Waals surface area contributed by atoms with E-state index in [1.54, 1.807) is 6.92 Å². The predicted molar refractivity (Wildman–Crippen MR) is 59.2 cm³/mol. The maximum Gasteiger partial charge on any atom is 0.0742 e. The van der Waals surface area contributed by atoms with E-state index in [0.717, 1.165) is 26.1 Å². The minimum Gasteiger partial charge on any atom is -0.389 e. The van der Waals surface area contributed by atoms with E-state index in [1.165, 1.54) is 0 Å². The van der Waals surface area contributed by atoms with Gasteiger partial charge in [0.25, 0.3) is 0 Å². The molecule has 0 aliphatic carbocycles. The molecule has 0 radical (unpaired) electrons. The quantitative estimate of drug-likeness (QED) is 0.588. The fourth-order valence-corrected chi connectivity index (χ4v) is 1.08. The van der Waals surface area contributed by atoms with Gasteiger partial charge in [0.2, 0.25) is 0 Å². The van der Waals surface area contributed by atoms with Crippen LogP contribution >= 0.6 is 0 Å². The van der Waals surface area contributed by atoms with Crippen LogP contribution in [0.5, 0.6) is 0 Å². The lowest BCUT2D eigenvalue weighted by Gasteiger charge is -2.20. The molecular weight excluding hydrogens is 178 g/mol. The Bertz CT molecular complexity index is 135. The SMILES string of the molecule is CC(C)CCOCCCC(C)(O)CN. The molecule has 0 aromatic heterocycles. The van der Waals surface area contributed by atoms with Crippen molar-refractivity contribution in [3.63, 3.8) is 0 Å². The summed E-state index contributed by atoms with van der Waals surface area (Å²) >= 11 is 0. The summed E-state index contributed by atoms with van der Waals surface area (Å²) in [6.45, 7) is 8.00. The molecule has 3 N–H and O–H groups in total. The molecule has 0 rings (SSSR count). The molecule has 0 spiro atoms. The highest BCUT2D eigenvalue weighted by molar-refractivity contribution is 4.72. The van der Waals surface area contributed by atoms with E-state index in [-0.39, 0.29) is 0 Å². The summed E-state index contributed by atoms with van der Waals surface area (Å²) in [4.78, 5) is 0. The van der Waals surface area contributed by atoms with Crippen molar-refractivity contribution in [3.05, 3.63) is 0 Å². The van der Waals surface area contributed by atoms with Crippen molar-refractivity contribution in [1.29, 1.82) is 0 Å². The first-order valence-electron chi connectivity index (χ1n) is 5.48. The zero-order valence-electron chi connectivity index (χ0n) is 9.75. The van der Waals surface area contributed by atoms with Crippen LogP contribution in [0.4, 0.5) is 0 Å². The molecule has 1 unspecified atom stereocenters. The lowest BCUT2D eigenvalue weighted by molar-refractivity contribution is 0.0422. The van der Waals surface area contributed by atoms with E-state index in [4.69, 9.17) is 10.5 Å². The number of ether oxygens (including phenoxy) is 1. The second-order valence-corrected chi connectivity index (χ2v) is 4.60. The molecule has 0 aliphatic heterocycles. The average Bonchev–Trinajstić information content (AvgIpc) is 2.10. The molecule has 86 valence electrons. The Hall–Kier alpha value is -0.120. The first kappa shape index (κ1) is 13.9. The van der Waals surface area contributed by atoms with Gasteiger partial charge in [0.05, 0.1) is 5.60 Å². The smallest absolute Gasteiger partial charge is 0.0742 e. The van der Waals surface area contributed by atoms with Crippen LogP contribution in [0.15, 0.2) is 0 Å². The van der Waals surface area contributed by atoms with Crippen molar-refractivity contribution < 1.29 is 9.84 Å². The number of nitrogens with two attached hydrogens (primary N) is 1. The summed E-state index contributed by atoms with van der Waals surface area (Å²) < 4.78 is 5.43. The minimum atomic E-state index is -0.721. The standard InChI is InChI=1S/C11H25NO2/c1-10(2)5-8-14-7-4-6-11(3,13)9-12/h10,13H,4-9,12H2,1-3H3. The molecule has 0 aromatic carbocycles. The molecule has 0 fully saturated rings. The molecule has 3 nitrogen and oxygen atoms in total. The van der Waals surface area contributed by atoms with Crippen LogP contribution in [0.2, 0.25) is 0 Å². The third kappa shape index (κ3) is 8.48. The summed E-state index contributed by atoms with van der Waals surface area (Å²) in [6.07, 6.45) is 2.70. The van der Waals surface area contributed by atoms with Crippen molar-refractivity contribution in [2.75, 3.05) is 19.8 Å². The zero-order chi connectivity index (χ0) is 11.0. The first-order valence-corrected chi connectivity index (χ1v) is 5.48. The Balaban J connectivity index is 3.21. The Morgan fingerprint density at radius 2 is 2.00 bits per heavy atom. The van der Waals surface area contributed by atoms with E-state index in [9.17, 15) is 5.11 Å². The van der Waals surface area contributed by atoms with Crippen LogP contribution in [0.1, 0.15) is 40.0 Å². The van der Waals surface area contributed by atoms with Gasteiger partial charge in [0, 0.05) is 19.8 Å². The predicted octanol–water partition coefficient (Wildman–Crippen LogP) is 1.54. The van der Waals surface area contributed by atoms with Crippen molar-refractivity contribution in [2.45, 2.75) is 45.6 Å². The molecule has 0 saturated carbocycles. The molecule has 14 heavy (non-hydrogen) atoms. The highest BCUT2D eigenvalue weighted by Gasteiger charge is 2.16. The lowest BCUT2D eigenvalue weighted by atomic mass is 10.0. The van der Waals surface area contributed by atoms with Gasteiger partial charge in [-0.25, -0.2) is 0 Å². The van der Waals surface area contributed by atoms with Crippen LogP contribution in [-0.2, 0) is 4.74 Å². The Morgan fingerprint density at radius 1 is 1.36 bits per heavy atom. The summed E-state index contributed by atoms with van der Waals surface area (Å²) in [5.74, 6) is 0.696. The average molecular weight is 203 g/mol. The molecule has 0 saturated heterocycles. The third-order valence-corrected chi connectivity index (χ3v) is 2.28. The van der Waals surface area contributed by atoms with E-state index >= 15 is 0 Å². The number of hydrogen-bond acceptors (Lipinski definition) is 3. The van der Waals surface area contributed by atoms with Gasteiger partial charge in [0.15, 0.2) is 0 Å². The summed E-state index contributed by atoms with van der Waals surface area (Å²) in [7, 11) is 0. The summed E-state index contributed by atoms with van der Waals surface area (Å²) in [5.41, 5.74) is 4.68. The molecule has 0 bridgehead atoms. The molecule has 0 aromatic rings. The molecule has 0 heterocycles. The van der Waals surface area contributed by atoms with Gasteiger partial charge in [-0.2, -0.15) is 0 Å². The molecule has 0 amide bonds. The second kappa shape index (κ2) is 7.21.